The van der Waals surface area contributed by atoms with Crippen molar-refractivity contribution in [1.29, 1.82) is 0 Å². The van der Waals surface area contributed by atoms with E-state index in [9.17, 15) is 9.59 Å². The van der Waals surface area contributed by atoms with Crippen molar-refractivity contribution in [2.45, 2.75) is 6.92 Å². The molecule has 20 heavy (non-hydrogen) atoms. The first-order valence-corrected chi connectivity index (χ1v) is 6.91. The van der Waals surface area contributed by atoms with Crippen LogP contribution in [0.25, 0.3) is 21.8 Å². The molecule has 0 unspecified atom stereocenters. The zero-order valence-electron chi connectivity index (χ0n) is 10.6. The number of carbonyl (C=O) groups is 1. The number of pyridine rings is 1. The topological polar surface area (TPSA) is 75.0 Å². The average molecular weight is 335 g/mol. The highest BCUT2D eigenvalue weighted by Crippen LogP contribution is 2.27. The van der Waals surface area contributed by atoms with E-state index in [4.69, 9.17) is 4.74 Å². The summed E-state index contributed by atoms with van der Waals surface area (Å²) in [5.41, 5.74) is 1.16. The summed E-state index contributed by atoms with van der Waals surface area (Å²) >= 11 is 3.40. The van der Waals surface area contributed by atoms with Crippen LogP contribution in [-0.4, -0.2) is 22.5 Å². The van der Waals surface area contributed by atoms with Gasteiger partial charge in [0.2, 0.25) is 0 Å². The third kappa shape index (κ3) is 1.92. The highest BCUT2D eigenvalue weighted by atomic mass is 79.9. The molecular weight excluding hydrogens is 324 g/mol. The Balaban J connectivity index is 2.44. The summed E-state index contributed by atoms with van der Waals surface area (Å²) in [4.78, 5) is 29.6. The van der Waals surface area contributed by atoms with E-state index in [-0.39, 0.29) is 12.2 Å². The largest absolute Gasteiger partial charge is 0.462 e. The normalized spacial score (nSPS) is 11.1. The SMILES string of the molecule is CCOC(=O)c1c[nH]c2c(=O)[nH]c3ccc(Br)cc3c12. The van der Waals surface area contributed by atoms with Gasteiger partial charge < -0.3 is 14.7 Å². The lowest BCUT2D eigenvalue weighted by Crippen LogP contribution is -2.08. The molecule has 0 atom stereocenters. The first-order chi connectivity index (χ1) is 9.61. The van der Waals surface area contributed by atoms with Gasteiger partial charge in [0, 0.05) is 27.0 Å². The van der Waals surface area contributed by atoms with Gasteiger partial charge in [-0.1, -0.05) is 15.9 Å². The zero-order chi connectivity index (χ0) is 14.3. The van der Waals surface area contributed by atoms with Gasteiger partial charge in [-0.3, -0.25) is 4.79 Å². The molecule has 3 rings (SSSR count). The number of hydrogen-bond donors (Lipinski definition) is 2. The van der Waals surface area contributed by atoms with Crippen molar-refractivity contribution in [3.63, 3.8) is 0 Å². The van der Waals surface area contributed by atoms with E-state index in [1.54, 1.807) is 13.0 Å². The Morgan fingerprint density at radius 1 is 1.40 bits per heavy atom. The maximum atomic E-state index is 12.0. The number of rotatable bonds is 2. The Labute approximate surface area is 122 Å². The second-order valence-corrected chi connectivity index (χ2v) is 5.23. The van der Waals surface area contributed by atoms with Crippen molar-refractivity contribution < 1.29 is 9.53 Å². The van der Waals surface area contributed by atoms with Gasteiger partial charge in [0.25, 0.3) is 5.56 Å². The molecule has 6 heteroatoms. The van der Waals surface area contributed by atoms with Crippen molar-refractivity contribution in [2.75, 3.05) is 6.61 Å². The van der Waals surface area contributed by atoms with Crippen molar-refractivity contribution in [3.05, 3.63) is 44.8 Å². The fourth-order valence-corrected chi connectivity index (χ4v) is 2.63. The van der Waals surface area contributed by atoms with Gasteiger partial charge in [0.15, 0.2) is 0 Å². The molecule has 0 aliphatic heterocycles. The first-order valence-electron chi connectivity index (χ1n) is 6.11. The summed E-state index contributed by atoms with van der Waals surface area (Å²) < 4.78 is 5.90. The van der Waals surface area contributed by atoms with Gasteiger partial charge in [-0.05, 0) is 25.1 Å². The molecule has 102 valence electrons. The van der Waals surface area contributed by atoms with Gasteiger partial charge in [-0.2, -0.15) is 0 Å². The van der Waals surface area contributed by atoms with Gasteiger partial charge in [0.1, 0.15) is 5.52 Å². The Bertz CT molecular complexity index is 879. The minimum absolute atomic E-state index is 0.259. The average Bonchev–Trinajstić information content (AvgIpc) is 2.86. The fourth-order valence-electron chi connectivity index (χ4n) is 2.27. The van der Waals surface area contributed by atoms with Crippen LogP contribution in [-0.2, 0) is 4.74 Å². The minimum atomic E-state index is -0.439. The summed E-state index contributed by atoms with van der Waals surface area (Å²) in [5.74, 6) is -0.439. The smallest absolute Gasteiger partial charge is 0.340 e. The van der Waals surface area contributed by atoms with E-state index in [0.29, 0.717) is 22.0 Å². The van der Waals surface area contributed by atoms with Crippen molar-refractivity contribution in [3.8, 4) is 0 Å². The number of benzene rings is 1. The van der Waals surface area contributed by atoms with Gasteiger partial charge in [-0.15, -0.1) is 0 Å². The van der Waals surface area contributed by atoms with E-state index in [0.717, 1.165) is 9.86 Å². The minimum Gasteiger partial charge on any atom is -0.462 e. The highest BCUT2D eigenvalue weighted by Gasteiger charge is 2.17. The van der Waals surface area contributed by atoms with Crippen LogP contribution >= 0.6 is 15.9 Å². The first kappa shape index (κ1) is 12.9. The molecule has 0 aliphatic carbocycles. The van der Waals surface area contributed by atoms with Crippen molar-refractivity contribution in [1.82, 2.24) is 9.97 Å². The van der Waals surface area contributed by atoms with Crippen molar-refractivity contribution >= 4 is 43.7 Å². The number of nitrogens with one attached hydrogen (secondary N) is 2. The number of halogens is 1. The maximum Gasteiger partial charge on any atom is 0.340 e. The molecule has 0 spiro atoms. The summed E-state index contributed by atoms with van der Waals surface area (Å²) in [6.07, 6.45) is 1.51. The number of esters is 1. The Morgan fingerprint density at radius 2 is 2.20 bits per heavy atom. The maximum absolute atomic E-state index is 12.0. The van der Waals surface area contributed by atoms with E-state index in [2.05, 4.69) is 25.9 Å². The van der Waals surface area contributed by atoms with Crippen LogP contribution < -0.4 is 5.56 Å². The van der Waals surface area contributed by atoms with E-state index in [1.165, 1.54) is 6.20 Å². The molecule has 2 aromatic heterocycles. The second kappa shape index (κ2) is 4.79. The summed E-state index contributed by atoms with van der Waals surface area (Å²) in [5, 5.41) is 1.38. The van der Waals surface area contributed by atoms with E-state index >= 15 is 0 Å². The monoisotopic (exact) mass is 334 g/mol. The molecule has 1 aromatic carbocycles. The number of H-pyrrole nitrogens is 2. The number of aromatic amines is 2. The molecule has 0 fully saturated rings. The Kier molecular flexibility index (Phi) is 3.10. The summed E-state index contributed by atoms with van der Waals surface area (Å²) in [7, 11) is 0. The number of carbonyl (C=O) groups excluding carboxylic acids is 1. The Morgan fingerprint density at radius 3 is 2.95 bits per heavy atom. The predicted octanol–water partition coefficient (Wildman–Crippen LogP) is 2.95. The lowest BCUT2D eigenvalue weighted by atomic mass is 10.1. The van der Waals surface area contributed by atoms with Crippen LogP contribution in [0.5, 0.6) is 0 Å². The fraction of sp³-hybridized carbons (Fsp3) is 0.143. The van der Waals surface area contributed by atoms with E-state index < -0.39 is 5.97 Å². The number of ether oxygens (including phenoxy) is 1. The molecule has 3 aromatic rings. The number of fused-ring (bicyclic) bond motifs is 3. The van der Waals surface area contributed by atoms with Crippen LogP contribution in [0, 0.1) is 0 Å². The molecule has 0 radical (unpaired) electrons. The van der Waals surface area contributed by atoms with Gasteiger partial charge >= 0.3 is 5.97 Å². The number of hydrogen-bond acceptors (Lipinski definition) is 3. The molecule has 0 saturated heterocycles. The van der Waals surface area contributed by atoms with Crippen LogP contribution in [0.4, 0.5) is 0 Å². The second-order valence-electron chi connectivity index (χ2n) is 4.32. The molecule has 0 bridgehead atoms. The number of aromatic nitrogens is 2. The van der Waals surface area contributed by atoms with Crippen LogP contribution in [0.1, 0.15) is 17.3 Å². The van der Waals surface area contributed by atoms with Crippen LogP contribution in [0.2, 0.25) is 0 Å². The standard InChI is InChI=1S/C14H11BrN2O3/c1-2-20-14(19)9-6-16-12-11(9)8-5-7(15)3-4-10(8)17-13(12)18/h3-6,16H,2H2,1H3,(H,17,18). The molecule has 0 amide bonds. The molecule has 5 nitrogen and oxygen atoms in total. The quantitative estimate of drug-likeness (QED) is 0.707. The van der Waals surface area contributed by atoms with E-state index in [1.807, 2.05) is 12.1 Å². The van der Waals surface area contributed by atoms with Crippen LogP contribution in [0.15, 0.2) is 33.7 Å². The highest BCUT2D eigenvalue weighted by molar-refractivity contribution is 9.10. The summed E-state index contributed by atoms with van der Waals surface area (Å²) in [6.45, 7) is 2.03. The molecule has 0 saturated carbocycles. The summed E-state index contributed by atoms with van der Waals surface area (Å²) in [6, 6.07) is 5.49. The van der Waals surface area contributed by atoms with Crippen molar-refractivity contribution in [2.24, 2.45) is 0 Å². The van der Waals surface area contributed by atoms with Gasteiger partial charge in [0.05, 0.1) is 12.2 Å². The van der Waals surface area contributed by atoms with Gasteiger partial charge in [-0.25, -0.2) is 4.79 Å². The third-order valence-corrected chi connectivity index (χ3v) is 3.59. The molecule has 2 N–H and O–H groups in total. The lowest BCUT2D eigenvalue weighted by Gasteiger charge is -2.04. The zero-order valence-corrected chi connectivity index (χ0v) is 12.2. The van der Waals surface area contributed by atoms with Crippen LogP contribution in [0.3, 0.4) is 0 Å². The lowest BCUT2D eigenvalue weighted by molar-refractivity contribution is 0.0529. The predicted molar refractivity (Wildman–Crippen MR) is 80.1 cm³/mol. The molecular formula is C14H11BrN2O3. The Hall–Kier alpha value is -2.08. The molecule has 0 aliphatic rings. The molecule has 2 heterocycles. The third-order valence-electron chi connectivity index (χ3n) is 3.10.